The van der Waals surface area contributed by atoms with Crippen LogP contribution in [0.1, 0.15) is 29.0 Å². The monoisotopic (exact) mass is 505 g/mol. The van der Waals surface area contributed by atoms with E-state index >= 15 is 0 Å². The van der Waals surface area contributed by atoms with E-state index in [9.17, 15) is 14.0 Å². The van der Waals surface area contributed by atoms with Gasteiger partial charge in [-0.1, -0.05) is 24.3 Å². The Morgan fingerprint density at radius 1 is 1.06 bits per heavy atom. The summed E-state index contributed by atoms with van der Waals surface area (Å²) in [4.78, 5) is 25.5. The number of esters is 1. The second kappa shape index (κ2) is 14.0. The molecule has 0 unspecified atom stereocenters. The Bertz CT molecular complexity index is 1170. The van der Waals surface area contributed by atoms with Crippen molar-refractivity contribution in [1.82, 2.24) is 5.32 Å². The third-order valence-corrected chi connectivity index (χ3v) is 4.70. The van der Waals surface area contributed by atoms with E-state index in [1.54, 1.807) is 6.92 Å². The van der Waals surface area contributed by atoms with Gasteiger partial charge < -0.3 is 20.7 Å². The first kappa shape index (κ1) is 17.1. The molecule has 3 N–H and O–H groups in total. The largest absolute Gasteiger partial charge is 0.464 e. The minimum Gasteiger partial charge on any atom is -0.464 e. The van der Waals surface area contributed by atoms with E-state index in [1.807, 2.05) is 0 Å². The summed E-state index contributed by atoms with van der Waals surface area (Å²) in [6, 6.07) is 8.17. The van der Waals surface area contributed by atoms with Crippen molar-refractivity contribution in [3.8, 4) is 0 Å². The van der Waals surface area contributed by atoms with Gasteiger partial charge in [0.1, 0.15) is 11.9 Å². The van der Waals surface area contributed by atoms with Crippen LogP contribution < -0.4 is 16.0 Å². The van der Waals surface area contributed by atoms with Gasteiger partial charge in [-0.25, -0.2) is 9.18 Å². The van der Waals surface area contributed by atoms with Crippen molar-refractivity contribution in [2.24, 2.45) is 5.73 Å². The average molecular weight is 506 g/mol. The molecule has 0 fully saturated rings. The van der Waals surface area contributed by atoms with Crippen LogP contribution in [0.5, 0.6) is 0 Å². The summed E-state index contributed by atoms with van der Waals surface area (Å²) in [5.74, 6) is -8.19. The van der Waals surface area contributed by atoms with Crippen molar-refractivity contribution in [1.29, 1.82) is 0 Å². The number of benzene rings is 2. The number of nitrogens with two attached hydrogens (primary N) is 1. The SMILES string of the molecule is [2H]C([2H])(Cl)C([2H])([2H])N(c1ccc(C[C@H](N)C(=O)N[C@@H](Cc2ccc(F)cc2)C(=O)OCC)cc1)C([2H])([2H])C([2H])([2H])Cl. The second-order valence-electron chi connectivity index (χ2n) is 6.87. The lowest BCUT2D eigenvalue weighted by atomic mass is 10.0. The topological polar surface area (TPSA) is 84.7 Å². The molecule has 0 radical (unpaired) electrons. The molecule has 6 nitrogen and oxygen atoms in total. The fourth-order valence-electron chi connectivity index (χ4n) is 2.94. The number of amides is 1. The Morgan fingerprint density at radius 2 is 1.61 bits per heavy atom. The van der Waals surface area contributed by atoms with Gasteiger partial charge in [0.25, 0.3) is 0 Å². The van der Waals surface area contributed by atoms with Gasteiger partial charge in [0, 0.05) is 42.2 Å². The predicted octanol–water partition coefficient (Wildman–Crippen LogP) is 3.27. The summed E-state index contributed by atoms with van der Waals surface area (Å²) >= 11 is 11.2. The van der Waals surface area contributed by atoms with Gasteiger partial charge in [0.2, 0.25) is 5.91 Å². The Kier molecular flexibility index (Phi) is 7.29. The Hall–Kier alpha value is -2.35. The average Bonchev–Trinajstić information content (AvgIpc) is 2.84. The number of carbonyl (C=O) groups is 2. The molecule has 2 rings (SSSR count). The van der Waals surface area contributed by atoms with Crippen LogP contribution in [0.3, 0.4) is 0 Å². The lowest BCUT2D eigenvalue weighted by Crippen LogP contribution is -2.50. The summed E-state index contributed by atoms with van der Waals surface area (Å²) in [6.45, 7) is -4.88. The van der Waals surface area contributed by atoms with Crippen molar-refractivity contribution < 1.29 is 29.7 Å². The van der Waals surface area contributed by atoms with Crippen LogP contribution in [0.25, 0.3) is 0 Å². The molecule has 1 amide bonds. The zero-order valence-corrected chi connectivity index (χ0v) is 19.3. The van der Waals surface area contributed by atoms with Crippen LogP contribution in [0.2, 0.25) is 0 Å². The summed E-state index contributed by atoms with van der Waals surface area (Å²) < 4.78 is 81.4. The molecule has 2 aromatic rings. The van der Waals surface area contributed by atoms with E-state index in [0.29, 0.717) is 11.1 Å². The molecule has 0 aliphatic rings. The normalized spacial score (nSPS) is 18.0. The molecule has 0 saturated heterocycles. The Morgan fingerprint density at radius 3 is 2.15 bits per heavy atom. The van der Waals surface area contributed by atoms with Gasteiger partial charge in [-0.15, -0.1) is 23.2 Å². The summed E-state index contributed by atoms with van der Waals surface area (Å²) in [5.41, 5.74) is 6.76. The number of halogens is 3. The number of alkyl halides is 2. The summed E-state index contributed by atoms with van der Waals surface area (Å²) in [6.07, 6.45) is -0.0567. The molecule has 180 valence electrons. The number of hydrogen-bond donors (Lipinski definition) is 2. The summed E-state index contributed by atoms with van der Waals surface area (Å²) in [5, 5.41) is 2.54. The van der Waals surface area contributed by atoms with Crippen LogP contribution in [0.15, 0.2) is 48.5 Å². The van der Waals surface area contributed by atoms with Crippen LogP contribution >= 0.6 is 23.2 Å². The molecule has 33 heavy (non-hydrogen) atoms. The van der Waals surface area contributed by atoms with Crippen molar-refractivity contribution in [3.63, 3.8) is 0 Å². The minimum atomic E-state index is -3.27. The van der Waals surface area contributed by atoms with Crippen molar-refractivity contribution >= 4 is 40.8 Å². The van der Waals surface area contributed by atoms with Crippen LogP contribution in [0.4, 0.5) is 10.1 Å². The minimum absolute atomic E-state index is 0.0221. The smallest absolute Gasteiger partial charge is 0.328 e. The van der Waals surface area contributed by atoms with Gasteiger partial charge in [0.05, 0.1) is 18.1 Å². The first-order chi connectivity index (χ1) is 18.7. The number of rotatable bonds is 13. The maximum atomic E-state index is 13.3. The number of nitrogens with one attached hydrogen (secondary N) is 1. The fraction of sp³-hybridized carbons (Fsp3) is 0.417. The quantitative estimate of drug-likeness (QED) is 0.322. The Labute approximate surface area is 215 Å². The lowest BCUT2D eigenvalue weighted by molar-refractivity contribution is -0.147. The van der Waals surface area contributed by atoms with Crippen LogP contribution in [-0.4, -0.2) is 55.2 Å². The van der Waals surface area contributed by atoms with Crippen molar-refractivity contribution in [3.05, 3.63) is 65.5 Å². The molecule has 0 heterocycles. The highest BCUT2D eigenvalue weighted by Gasteiger charge is 2.25. The maximum absolute atomic E-state index is 13.3. The third kappa shape index (κ3) is 8.84. The molecule has 0 aliphatic carbocycles. The maximum Gasteiger partial charge on any atom is 0.328 e. The highest BCUT2D eigenvalue weighted by Crippen LogP contribution is 2.16. The molecule has 0 spiro atoms. The third-order valence-electron chi connectivity index (χ3n) is 4.54. The molecule has 9 heteroatoms. The first-order valence-corrected chi connectivity index (χ1v) is 10.7. The number of carbonyl (C=O) groups excluding carboxylic acids is 2. The van der Waals surface area contributed by atoms with E-state index in [4.69, 9.17) is 44.6 Å². The predicted molar refractivity (Wildman–Crippen MR) is 130 cm³/mol. The van der Waals surface area contributed by atoms with E-state index in [1.165, 1.54) is 48.5 Å². The van der Waals surface area contributed by atoms with Crippen LogP contribution in [-0.2, 0) is 27.2 Å². The number of hydrogen-bond acceptors (Lipinski definition) is 5. The van der Waals surface area contributed by atoms with Crippen LogP contribution in [0, 0.1) is 5.82 Å². The summed E-state index contributed by atoms with van der Waals surface area (Å²) in [7, 11) is 0. The van der Waals surface area contributed by atoms with Gasteiger partial charge in [-0.2, -0.15) is 0 Å². The molecular weight excluding hydrogens is 468 g/mol. The lowest BCUT2D eigenvalue weighted by Gasteiger charge is -2.23. The van der Waals surface area contributed by atoms with Gasteiger partial charge in [-0.3, -0.25) is 4.79 Å². The number of anilines is 1. The van der Waals surface area contributed by atoms with Crippen molar-refractivity contribution in [2.45, 2.75) is 31.8 Å². The van der Waals surface area contributed by atoms with Gasteiger partial charge in [-0.05, 0) is 48.7 Å². The molecule has 2 aromatic carbocycles. The highest BCUT2D eigenvalue weighted by molar-refractivity contribution is 6.18. The molecule has 0 saturated carbocycles. The molecule has 2 atom stereocenters. The molecule has 0 aromatic heterocycles. The number of nitrogens with zero attached hydrogens (tertiary/aromatic N) is 1. The second-order valence-corrected chi connectivity index (χ2v) is 7.25. The standard InChI is InChI=1S/C24H30Cl2FN3O3/c1-2-33-24(32)22(16-18-3-7-19(27)8-4-18)29-23(31)21(28)15-17-5-9-20(10-6-17)30(13-11-25)14-12-26/h3-10,21-22H,2,11-16,28H2,1H3,(H,29,31)/t21-,22-/m0/s1/i11D2,12D2,13D2,14D2. The van der Waals surface area contributed by atoms with Gasteiger partial charge in [0.15, 0.2) is 0 Å². The fourth-order valence-corrected chi connectivity index (χ4v) is 3.11. The molecular formula is C24H30Cl2FN3O3. The molecule has 0 aliphatic heterocycles. The van der Waals surface area contributed by atoms with E-state index in [2.05, 4.69) is 5.32 Å². The highest BCUT2D eigenvalue weighted by atomic mass is 35.5. The molecule has 0 bridgehead atoms. The first-order valence-electron chi connectivity index (χ1n) is 14.0. The van der Waals surface area contributed by atoms with E-state index < -0.39 is 54.4 Å². The zero-order valence-electron chi connectivity index (χ0n) is 25.8. The van der Waals surface area contributed by atoms with Gasteiger partial charge >= 0.3 is 5.97 Å². The zero-order chi connectivity index (χ0) is 31.4. The van der Waals surface area contributed by atoms with E-state index in [0.717, 1.165) is 0 Å². The van der Waals surface area contributed by atoms with Crippen molar-refractivity contribution in [2.75, 3.05) is 36.2 Å². The number of ether oxygens (including phenoxy) is 1. The van der Waals surface area contributed by atoms with E-state index in [-0.39, 0.29) is 30.0 Å². The Balaban J connectivity index is 2.25.